The topological polar surface area (TPSA) is 68.7 Å². The number of hydrogen-bond donors (Lipinski definition) is 0. The Hall–Kier alpha value is -3.62. The minimum atomic E-state index is -0.107. The largest absolute Gasteiger partial charge is 0.268 e. The Bertz CT molecular complexity index is 1960. The number of hydrogen-bond acceptors (Lipinski definition) is 6. The van der Waals surface area contributed by atoms with Gasteiger partial charge in [0.15, 0.2) is 0 Å². The first-order chi connectivity index (χ1) is 14.7. The molecule has 6 nitrogen and oxygen atoms in total. The van der Waals surface area contributed by atoms with Gasteiger partial charge in [0.25, 0.3) is 11.1 Å². The fourth-order valence-electron chi connectivity index (χ4n) is 4.86. The summed E-state index contributed by atoms with van der Waals surface area (Å²) in [6.07, 6.45) is 0. The predicted molar refractivity (Wildman–Crippen MR) is 122 cm³/mol. The Labute approximate surface area is 173 Å². The number of pyridine rings is 2. The SMILES string of the molecule is O=c1c2ccc3c4c(ccc(c24)c2nc4sccc4n12)c(=O)n1c2ccsc2nc31. The molecule has 8 rings (SSSR count). The van der Waals surface area contributed by atoms with Gasteiger partial charge in [0, 0.05) is 32.3 Å². The van der Waals surface area contributed by atoms with Gasteiger partial charge in [-0.2, -0.15) is 0 Å². The van der Waals surface area contributed by atoms with E-state index >= 15 is 0 Å². The minimum Gasteiger partial charge on any atom is -0.268 e. The molecule has 0 fully saturated rings. The smallest absolute Gasteiger partial charge is 0.264 e. The van der Waals surface area contributed by atoms with Crippen molar-refractivity contribution in [2.75, 3.05) is 0 Å². The average molecular weight is 424 g/mol. The summed E-state index contributed by atoms with van der Waals surface area (Å²) in [5, 5.41) is 8.43. The van der Waals surface area contributed by atoms with E-state index in [1.54, 1.807) is 8.80 Å². The van der Waals surface area contributed by atoms with Gasteiger partial charge in [-0.1, -0.05) is 0 Å². The van der Waals surface area contributed by atoms with E-state index in [1.165, 1.54) is 22.7 Å². The van der Waals surface area contributed by atoms with Crippen molar-refractivity contribution in [2.24, 2.45) is 0 Å². The van der Waals surface area contributed by atoms with Crippen LogP contribution in [0.1, 0.15) is 0 Å². The fourth-order valence-corrected chi connectivity index (χ4v) is 6.35. The van der Waals surface area contributed by atoms with Crippen LogP contribution < -0.4 is 11.1 Å². The van der Waals surface area contributed by atoms with Crippen molar-refractivity contribution >= 4 is 87.0 Å². The summed E-state index contributed by atoms with van der Waals surface area (Å²) < 4.78 is 3.37. The molecule has 0 aliphatic heterocycles. The third-order valence-corrected chi connectivity index (χ3v) is 7.67. The van der Waals surface area contributed by atoms with Crippen LogP contribution in [0.15, 0.2) is 56.7 Å². The second-order valence-corrected chi connectivity index (χ2v) is 9.23. The molecular formula is C22H8N4O2S2. The Morgan fingerprint density at radius 3 is 1.50 bits per heavy atom. The lowest BCUT2D eigenvalue weighted by Gasteiger charge is -2.11. The van der Waals surface area contributed by atoms with Gasteiger partial charge in [0.1, 0.15) is 21.0 Å². The second kappa shape index (κ2) is 4.75. The molecule has 140 valence electrons. The van der Waals surface area contributed by atoms with Crippen LogP contribution in [-0.2, 0) is 0 Å². The molecule has 2 aromatic carbocycles. The van der Waals surface area contributed by atoms with Gasteiger partial charge in [-0.3, -0.25) is 18.4 Å². The van der Waals surface area contributed by atoms with E-state index in [1.807, 2.05) is 47.2 Å². The number of aromatic nitrogens is 4. The summed E-state index contributed by atoms with van der Waals surface area (Å²) in [5.74, 6) is 0. The number of thiophene rings is 2. The number of fused-ring (bicyclic) bond motifs is 8. The van der Waals surface area contributed by atoms with Crippen molar-refractivity contribution in [3.05, 3.63) is 67.9 Å². The molecule has 0 amide bonds. The van der Waals surface area contributed by atoms with E-state index in [9.17, 15) is 9.59 Å². The zero-order valence-electron chi connectivity index (χ0n) is 15.0. The monoisotopic (exact) mass is 424 g/mol. The molecule has 0 atom stereocenters. The van der Waals surface area contributed by atoms with E-state index in [0.717, 1.165) is 42.2 Å². The summed E-state index contributed by atoms with van der Waals surface area (Å²) in [4.78, 5) is 38.0. The van der Waals surface area contributed by atoms with Crippen LogP contribution >= 0.6 is 22.7 Å². The molecular weight excluding hydrogens is 416 g/mol. The molecule has 0 radical (unpaired) electrons. The lowest BCUT2D eigenvalue weighted by Crippen LogP contribution is -2.16. The summed E-state index contributed by atoms with van der Waals surface area (Å²) in [6, 6.07) is 11.4. The van der Waals surface area contributed by atoms with E-state index in [4.69, 9.17) is 9.97 Å². The maximum atomic E-state index is 13.4. The zero-order valence-corrected chi connectivity index (χ0v) is 16.7. The minimum absolute atomic E-state index is 0.107. The lowest BCUT2D eigenvalue weighted by atomic mass is 9.96. The maximum absolute atomic E-state index is 13.4. The number of rotatable bonds is 0. The molecule has 0 saturated carbocycles. The molecule has 0 unspecified atom stereocenters. The molecule has 0 aliphatic carbocycles. The first-order valence-electron chi connectivity index (χ1n) is 9.34. The Morgan fingerprint density at radius 2 is 1.03 bits per heavy atom. The van der Waals surface area contributed by atoms with Gasteiger partial charge in [-0.15, -0.1) is 22.7 Å². The highest BCUT2D eigenvalue weighted by atomic mass is 32.1. The van der Waals surface area contributed by atoms with E-state index in [0.29, 0.717) is 22.1 Å². The van der Waals surface area contributed by atoms with Gasteiger partial charge in [-0.05, 0) is 47.2 Å². The Balaban J connectivity index is 1.76. The third-order valence-electron chi connectivity index (χ3n) is 6.08. The van der Waals surface area contributed by atoms with Crippen LogP contribution in [0.5, 0.6) is 0 Å². The van der Waals surface area contributed by atoms with Gasteiger partial charge in [0.2, 0.25) is 0 Å². The molecule has 0 saturated heterocycles. The van der Waals surface area contributed by atoms with E-state index in [-0.39, 0.29) is 11.1 Å². The number of benzene rings is 2. The molecule has 6 aromatic heterocycles. The normalized spacial score (nSPS) is 12.9. The summed E-state index contributed by atoms with van der Waals surface area (Å²) in [6.45, 7) is 0. The van der Waals surface area contributed by atoms with E-state index < -0.39 is 0 Å². The molecule has 6 heterocycles. The van der Waals surface area contributed by atoms with Crippen LogP contribution in [0, 0.1) is 0 Å². The second-order valence-electron chi connectivity index (χ2n) is 7.45. The average Bonchev–Trinajstić information content (AvgIpc) is 3.49. The van der Waals surface area contributed by atoms with Crippen molar-refractivity contribution in [3.63, 3.8) is 0 Å². The van der Waals surface area contributed by atoms with Crippen LogP contribution in [-0.4, -0.2) is 18.8 Å². The van der Waals surface area contributed by atoms with Crippen molar-refractivity contribution in [2.45, 2.75) is 0 Å². The molecule has 0 N–H and O–H groups in total. The Morgan fingerprint density at radius 1 is 0.600 bits per heavy atom. The fraction of sp³-hybridized carbons (Fsp3) is 0. The molecule has 30 heavy (non-hydrogen) atoms. The van der Waals surface area contributed by atoms with Crippen LogP contribution in [0.3, 0.4) is 0 Å². The lowest BCUT2D eigenvalue weighted by molar-refractivity contribution is 1.18. The summed E-state index contributed by atoms with van der Waals surface area (Å²) in [5.41, 5.74) is 2.71. The zero-order chi connectivity index (χ0) is 19.7. The molecule has 0 aliphatic rings. The highest BCUT2D eigenvalue weighted by molar-refractivity contribution is 7.17. The van der Waals surface area contributed by atoms with Crippen molar-refractivity contribution in [3.8, 4) is 0 Å². The first kappa shape index (κ1) is 15.3. The molecule has 0 bridgehead atoms. The maximum Gasteiger partial charge on any atom is 0.264 e. The van der Waals surface area contributed by atoms with Crippen LogP contribution in [0.4, 0.5) is 0 Å². The van der Waals surface area contributed by atoms with E-state index in [2.05, 4.69) is 0 Å². The molecule has 8 heteroatoms. The molecule has 0 spiro atoms. The van der Waals surface area contributed by atoms with Crippen LogP contribution in [0.2, 0.25) is 0 Å². The van der Waals surface area contributed by atoms with Crippen molar-refractivity contribution in [1.29, 1.82) is 0 Å². The first-order valence-corrected chi connectivity index (χ1v) is 11.1. The van der Waals surface area contributed by atoms with Crippen molar-refractivity contribution < 1.29 is 0 Å². The van der Waals surface area contributed by atoms with Crippen LogP contribution in [0.25, 0.3) is 64.3 Å². The number of nitrogens with zero attached hydrogens (tertiary/aromatic N) is 4. The van der Waals surface area contributed by atoms with Gasteiger partial charge in [0.05, 0.1) is 11.0 Å². The summed E-state index contributed by atoms with van der Waals surface area (Å²) in [7, 11) is 0. The molecule has 8 aromatic rings. The highest BCUT2D eigenvalue weighted by Gasteiger charge is 2.22. The standard InChI is InChI=1S/C22H8N4O2S2/c27-21-11-3-1-9-15-12(22(28)25-13-5-7-29-19(13)23-17(9)25)4-2-10(16(11)15)18-24-20-14(26(18)21)6-8-30-20/h1-8H. The Kier molecular flexibility index (Phi) is 2.41. The quantitative estimate of drug-likeness (QED) is 0.337. The number of imidazole rings is 2. The van der Waals surface area contributed by atoms with Gasteiger partial charge in [-0.25, -0.2) is 9.97 Å². The van der Waals surface area contributed by atoms with Gasteiger partial charge < -0.3 is 0 Å². The van der Waals surface area contributed by atoms with Crippen molar-refractivity contribution in [1.82, 2.24) is 18.8 Å². The highest BCUT2D eigenvalue weighted by Crippen LogP contribution is 2.37. The summed E-state index contributed by atoms with van der Waals surface area (Å²) >= 11 is 3.03. The third kappa shape index (κ3) is 1.50. The van der Waals surface area contributed by atoms with Gasteiger partial charge >= 0.3 is 0 Å². The predicted octanol–water partition coefficient (Wildman–Crippen LogP) is 4.47.